The predicted octanol–water partition coefficient (Wildman–Crippen LogP) is 1.66. The van der Waals surface area contributed by atoms with Gasteiger partial charge >= 0.3 is 18.3 Å². The maximum absolute atomic E-state index is 12.5. The first-order valence-corrected chi connectivity index (χ1v) is 5.70. The van der Waals surface area contributed by atoms with Crippen LogP contribution in [-0.4, -0.2) is 45.9 Å². The Morgan fingerprint density at radius 3 is 2.79 bits per heavy atom. The Morgan fingerprint density at radius 2 is 2.21 bits per heavy atom. The summed E-state index contributed by atoms with van der Waals surface area (Å²) in [6.07, 6.45) is -3.82. The normalized spacial score (nSPS) is 12.1. The lowest BCUT2D eigenvalue weighted by molar-refractivity contribution is -0.168. The largest absolute Gasteiger partial charge is 0.481 e. The van der Waals surface area contributed by atoms with Crippen molar-refractivity contribution in [2.45, 2.75) is 24.2 Å². The Labute approximate surface area is 108 Å². The SMILES string of the molecule is O=C(O)CSc1nc(COCC(F)(F)C(F)F)no1. The average Bonchev–Trinajstić information content (AvgIpc) is 2.74. The first-order valence-electron chi connectivity index (χ1n) is 4.72. The van der Waals surface area contributed by atoms with Gasteiger partial charge in [-0.2, -0.15) is 13.8 Å². The molecule has 1 rings (SSSR count). The molecule has 19 heavy (non-hydrogen) atoms. The van der Waals surface area contributed by atoms with E-state index in [2.05, 4.69) is 19.4 Å². The quantitative estimate of drug-likeness (QED) is 0.577. The van der Waals surface area contributed by atoms with Gasteiger partial charge in [-0.25, -0.2) is 8.78 Å². The van der Waals surface area contributed by atoms with E-state index in [4.69, 9.17) is 5.11 Å². The molecule has 108 valence electrons. The van der Waals surface area contributed by atoms with Crippen LogP contribution in [0, 0.1) is 0 Å². The third-order valence-electron chi connectivity index (χ3n) is 1.61. The van der Waals surface area contributed by atoms with E-state index in [1.54, 1.807) is 0 Å². The molecule has 0 saturated carbocycles. The van der Waals surface area contributed by atoms with Gasteiger partial charge in [0.2, 0.25) is 0 Å². The number of aromatic nitrogens is 2. The molecule has 6 nitrogen and oxygen atoms in total. The first kappa shape index (κ1) is 15.7. The molecular weight excluding hydrogens is 296 g/mol. The molecule has 0 radical (unpaired) electrons. The summed E-state index contributed by atoms with van der Waals surface area (Å²) >= 11 is 0.730. The molecule has 11 heteroatoms. The summed E-state index contributed by atoms with van der Waals surface area (Å²) in [4.78, 5) is 13.8. The molecule has 1 heterocycles. The Kier molecular flexibility index (Phi) is 5.54. The van der Waals surface area contributed by atoms with Crippen molar-refractivity contribution >= 4 is 17.7 Å². The van der Waals surface area contributed by atoms with Gasteiger partial charge in [0.05, 0.1) is 0 Å². The zero-order valence-electron chi connectivity index (χ0n) is 9.19. The van der Waals surface area contributed by atoms with E-state index in [9.17, 15) is 22.4 Å². The van der Waals surface area contributed by atoms with Crippen LogP contribution in [-0.2, 0) is 16.1 Å². The lowest BCUT2D eigenvalue weighted by Gasteiger charge is -2.14. The summed E-state index contributed by atoms with van der Waals surface area (Å²) in [5.74, 6) is -5.80. The van der Waals surface area contributed by atoms with Gasteiger partial charge in [-0.1, -0.05) is 16.9 Å². The summed E-state index contributed by atoms with van der Waals surface area (Å²) < 4.78 is 57.4. The predicted molar refractivity (Wildman–Crippen MR) is 53.3 cm³/mol. The number of carboxylic acids is 1. The Morgan fingerprint density at radius 1 is 1.53 bits per heavy atom. The van der Waals surface area contributed by atoms with Gasteiger partial charge in [0.1, 0.15) is 19.0 Å². The third-order valence-corrected chi connectivity index (χ3v) is 2.42. The number of ether oxygens (including phenoxy) is 1. The number of carbonyl (C=O) groups is 1. The highest BCUT2D eigenvalue weighted by atomic mass is 32.2. The Hall–Kier alpha value is -1.36. The highest BCUT2D eigenvalue weighted by Gasteiger charge is 2.41. The summed E-state index contributed by atoms with van der Waals surface area (Å²) in [5.41, 5.74) is 0. The summed E-state index contributed by atoms with van der Waals surface area (Å²) in [7, 11) is 0. The average molecular weight is 304 g/mol. The van der Waals surface area contributed by atoms with Crippen LogP contribution in [0.5, 0.6) is 0 Å². The zero-order valence-corrected chi connectivity index (χ0v) is 10.0. The Balaban J connectivity index is 2.36. The van der Waals surface area contributed by atoms with Gasteiger partial charge in [0.25, 0.3) is 5.22 Å². The van der Waals surface area contributed by atoms with Crippen molar-refractivity contribution in [3.05, 3.63) is 5.82 Å². The van der Waals surface area contributed by atoms with Crippen LogP contribution >= 0.6 is 11.8 Å². The molecule has 1 aromatic heterocycles. The number of hydrogen-bond acceptors (Lipinski definition) is 6. The van der Waals surface area contributed by atoms with Crippen molar-refractivity contribution in [3.63, 3.8) is 0 Å². The van der Waals surface area contributed by atoms with Gasteiger partial charge in [-0.15, -0.1) is 0 Å². The maximum atomic E-state index is 12.5. The van der Waals surface area contributed by atoms with Crippen LogP contribution in [0.2, 0.25) is 0 Å². The number of nitrogens with zero attached hydrogens (tertiary/aromatic N) is 2. The van der Waals surface area contributed by atoms with Gasteiger partial charge in [-0.05, 0) is 0 Å². The van der Waals surface area contributed by atoms with Crippen molar-refractivity contribution in [2.75, 3.05) is 12.4 Å². The topological polar surface area (TPSA) is 85.5 Å². The highest BCUT2D eigenvalue weighted by molar-refractivity contribution is 7.99. The molecule has 0 saturated heterocycles. The summed E-state index contributed by atoms with van der Waals surface area (Å²) in [6.45, 7) is -2.02. The van der Waals surface area contributed by atoms with Crippen LogP contribution in [0.1, 0.15) is 5.82 Å². The third kappa shape index (κ3) is 5.42. The van der Waals surface area contributed by atoms with Crippen LogP contribution < -0.4 is 0 Å². The number of rotatable bonds is 8. The molecule has 0 unspecified atom stereocenters. The number of thioether (sulfide) groups is 1. The highest BCUT2D eigenvalue weighted by Crippen LogP contribution is 2.23. The fourth-order valence-corrected chi connectivity index (χ4v) is 1.33. The molecule has 1 aromatic rings. The van der Waals surface area contributed by atoms with Crippen molar-refractivity contribution in [2.24, 2.45) is 0 Å². The molecule has 0 fully saturated rings. The molecule has 0 spiro atoms. The van der Waals surface area contributed by atoms with E-state index in [0.29, 0.717) is 0 Å². The first-order chi connectivity index (χ1) is 8.81. The zero-order chi connectivity index (χ0) is 14.5. The van der Waals surface area contributed by atoms with E-state index in [1.807, 2.05) is 0 Å². The Bertz CT molecular complexity index is 429. The second-order valence-electron chi connectivity index (χ2n) is 3.21. The van der Waals surface area contributed by atoms with Gasteiger partial charge in [0, 0.05) is 0 Å². The van der Waals surface area contributed by atoms with Gasteiger partial charge in [-0.3, -0.25) is 4.79 Å². The van der Waals surface area contributed by atoms with Gasteiger partial charge in [0.15, 0.2) is 5.82 Å². The van der Waals surface area contributed by atoms with Crippen LogP contribution in [0.15, 0.2) is 9.75 Å². The minimum Gasteiger partial charge on any atom is -0.481 e. The second kappa shape index (κ2) is 6.70. The van der Waals surface area contributed by atoms with Crippen molar-refractivity contribution < 1.29 is 36.7 Å². The standard InChI is InChI=1S/C8H8F4N2O4S/c9-6(10)8(11,12)3-17-1-4-13-7(18-14-4)19-2-5(15)16/h6H,1-3H2,(H,15,16). The molecule has 0 aliphatic rings. The van der Waals surface area contributed by atoms with E-state index in [-0.39, 0.29) is 16.8 Å². The van der Waals surface area contributed by atoms with Crippen LogP contribution in [0.4, 0.5) is 17.6 Å². The fraction of sp³-hybridized carbons (Fsp3) is 0.625. The molecule has 0 aliphatic carbocycles. The van der Waals surface area contributed by atoms with Crippen LogP contribution in [0.3, 0.4) is 0 Å². The molecule has 0 aromatic carbocycles. The van der Waals surface area contributed by atoms with Crippen LogP contribution in [0.25, 0.3) is 0 Å². The molecular formula is C8H8F4N2O4S. The maximum Gasteiger partial charge on any atom is 0.330 e. The molecule has 0 amide bonds. The van der Waals surface area contributed by atoms with E-state index in [1.165, 1.54) is 0 Å². The van der Waals surface area contributed by atoms with Crippen molar-refractivity contribution in [3.8, 4) is 0 Å². The van der Waals surface area contributed by atoms with Crippen molar-refractivity contribution in [1.29, 1.82) is 0 Å². The fourth-order valence-electron chi connectivity index (χ4n) is 0.820. The van der Waals surface area contributed by atoms with E-state index < -0.39 is 31.5 Å². The summed E-state index contributed by atoms with van der Waals surface area (Å²) in [5, 5.41) is 11.6. The minimum atomic E-state index is -4.25. The van der Waals surface area contributed by atoms with Crippen molar-refractivity contribution in [1.82, 2.24) is 10.1 Å². The molecule has 0 atom stereocenters. The second-order valence-corrected chi connectivity index (χ2v) is 4.14. The summed E-state index contributed by atoms with van der Waals surface area (Å²) in [6, 6.07) is 0. The molecule has 0 aliphatic heterocycles. The monoisotopic (exact) mass is 304 g/mol. The number of halogens is 4. The lowest BCUT2D eigenvalue weighted by Crippen LogP contribution is -2.32. The number of alkyl halides is 4. The number of carboxylic acid groups (broad SMARTS) is 1. The molecule has 0 bridgehead atoms. The van der Waals surface area contributed by atoms with Gasteiger partial charge < -0.3 is 14.4 Å². The number of hydrogen-bond donors (Lipinski definition) is 1. The molecule has 1 N–H and O–H groups in total. The van der Waals surface area contributed by atoms with E-state index in [0.717, 1.165) is 11.8 Å². The minimum absolute atomic E-state index is 0.0818. The lowest BCUT2D eigenvalue weighted by atomic mass is 10.4. The number of aliphatic carboxylic acids is 1. The van der Waals surface area contributed by atoms with E-state index >= 15 is 0 Å². The smallest absolute Gasteiger partial charge is 0.330 e.